The van der Waals surface area contributed by atoms with Crippen molar-refractivity contribution in [1.29, 1.82) is 0 Å². The standard InChI is InChI=1S/C14H22N2O2/c1-10-8-12(16(17)18)6-7-13(10)15-9-11(2)14(3,4)5/h6-8,11,15H,9H2,1-5H3. The predicted molar refractivity (Wildman–Crippen MR) is 74.9 cm³/mol. The van der Waals surface area contributed by atoms with Gasteiger partial charge in [-0.25, -0.2) is 0 Å². The van der Waals surface area contributed by atoms with E-state index in [1.165, 1.54) is 6.07 Å². The summed E-state index contributed by atoms with van der Waals surface area (Å²) in [6.07, 6.45) is 0. The van der Waals surface area contributed by atoms with Gasteiger partial charge in [-0.1, -0.05) is 27.7 Å². The molecule has 0 aliphatic carbocycles. The quantitative estimate of drug-likeness (QED) is 0.649. The third-order valence-corrected chi connectivity index (χ3v) is 3.50. The van der Waals surface area contributed by atoms with Crippen LogP contribution in [0.4, 0.5) is 11.4 Å². The first kappa shape index (κ1) is 14.5. The summed E-state index contributed by atoms with van der Waals surface area (Å²) in [6, 6.07) is 4.92. The van der Waals surface area contributed by atoms with Crippen LogP contribution >= 0.6 is 0 Å². The topological polar surface area (TPSA) is 55.2 Å². The molecule has 1 N–H and O–H groups in total. The van der Waals surface area contributed by atoms with Crippen LogP contribution in [0.15, 0.2) is 18.2 Å². The van der Waals surface area contributed by atoms with Crippen molar-refractivity contribution in [2.24, 2.45) is 11.3 Å². The fourth-order valence-electron chi connectivity index (χ4n) is 1.53. The zero-order valence-electron chi connectivity index (χ0n) is 11.8. The van der Waals surface area contributed by atoms with Crippen molar-refractivity contribution in [3.8, 4) is 0 Å². The molecule has 0 radical (unpaired) electrons. The minimum absolute atomic E-state index is 0.141. The number of nitrogens with one attached hydrogen (secondary N) is 1. The minimum Gasteiger partial charge on any atom is -0.385 e. The van der Waals surface area contributed by atoms with Crippen molar-refractivity contribution in [1.82, 2.24) is 0 Å². The number of anilines is 1. The normalized spacial score (nSPS) is 13.2. The molecule has 0 aliphatic rings. The van der Waals surface area contributed by atoms with Gasteiger partial charge in [-0.15, -0.1) is 0 Å². The molecule has 0 spiro atoms. The second-order valence-electron chi connectivity index (χ2n) is 5.90. The number of hydrogen-bond acceptors (Lipinski definition) is 3. The van der Waals surface area contributed by atoms with Crippen molar-refractivity contribution in [3.05, 3.63) is 33.9 Å². The summed E-state index contributed by atoms with van der Waals surface area (Å²) < 4.78 is 0. The molecule has 0 heterocycles. The van der Waals surface area contributed by atoms with Gasteiger partial charge in [0, 0.05) is 24.4 Å². The van der Waals surface area contributed by atoms with Gasteiger partial charge in [0.05, 0.1) is 4.92 Å². The summed E-state index contributed by atoms with van der Waals surface area (Å²) in [6.45, 7) is 11.6. The summed E-state index contributed by atoms with van der Waals surface area (Å²) >= 11 is 0. The summed E-state index contributed by atoms with van der Waals surface area (Å²) in [4.78, 5) is 10.3. The summed E-state index contributed by atoms with van der Waals surface area (Å²) in [5, 5.41) is 14.0. The van der Waals surface area contributed by atoms with Gasteiger partial charge in [-0.05, 0) is 29.9 Å². The van der Waals surface area contributed by atoms with Crippen molar-refractivity contribution in [2.45, 2.75) is 34.6 Å². The molecule has 0 amide bonds. The number of aryl methyl sites for hydroxylation is 1. The number of hydrogen-bond donors (Lipinski definition) is 1. The van der Waals surface area contributed by atoms with Crippen LogP contribution in [0, 0.1) is 28.4 Å². The maximum absolute atomic E-state index is 10.6. The van der Waals surface area contributed by atoms with Crippen LogP contribution in [-0.4, -0.2) is 11.5 Å². The number of nitro groups is 1. The van der Waals surface area contributed by atoms with Crippen molar-refractivity contribution < 1.29 is 4.92 Å². The molecular weight excluding hydrogens is 228 g/mol. The lowest BCUT2D eigenvalue weighted by Gasteiger charge is -2.28. The van der Waals surface area contributed by atoms with E-state index in [-0.39, 0.29) is 16.0 Å². The van der Waals surface area contributed by atoms with Crippen molar-refractivity contribution in [2.75, 3.05) is 11.9 Å². The Labute approximate surface area is 109 Å². The molecule has 0 saturated carbocycles. The van der Waals surface area contributed by atoms with E-state index in [1.807, 2.05) is 6.92 Å². The molecule has 0 fully saturated rings. The van der Waals surface area contributed by atoms with Crippen LogP contribution < -0.4 is 5.32 Å². The molecule has 4 nitrogen and oxygen atoms in total. The Hall–Kier alpha value is -1.58. The average Bonchev–Trinajstić information content (AvgIpc) is 2.25. The molecule has 4 heteroatoms. The molecule has 1 unspecified atom stereocenters. The van der Waals surface area contributed by atoms with Gasteiger partial charge in [0.2, 0.25) is 0 Å². The van der Waals surface area contributed by atoms with Crippen LogP contribution in [0.2, 0.25) is 0 Å². The zero-order chi connectivity index (χ0) is 13.9. The smallest absolute Gasteiger partial charge is 0.269 e. The third-order valence-electron chi connectivity index (χ3n) is 3.50. The van der Waals surface area contributed by atoms with E-state index in [0.717, 1.165) is 17.8 Å². The predicted octanol–water partition coefficient (Wildman–Crippen LogP) is 4.00. The summed E-state index contributed by atoms with van der Waals surface area (Å²) in [5.74, 6) is 0.520. The van der Waals surface area contributed by atoms with E-state index in [1.54, 1.807) is 12.1 Å². The van der Waals surface area contributed by atoms with E-state index in [4.69, 9.17) is 0 Å². The highest BCUT2D eigenvalue weighted by Crippen LogP contribution is 2.27. The SMILES string of the molecule is Cc1cc([N+](=O)[O-])ccc1NCC(C)C(C)(C)C. The Morgan fingerprint density at radius 3 is 2.44 bits per heavy atom. The fraction of sp³-hybridized carbons (Fsp3) is 0.571. The Morgan fingerprint density at radius 1 is 1.39 bits per heavy atom. The lowest BCUT2D eigenvalue weighted by molar-refractivity contribution is -0.384. The number of nitro benzene ring substituents is 1. The molecule has 1 rings (SSSR count). The van der Waals surface area contributed by atoms with Gasteiger partial charge < -0.3 is 5.32 Å². The van der Waals surface area contributed by atoms with Crippen LogP contribution in [0.5, 0.6) is 0 Å². The third kappa shape index (κ3) is 3.72. The minimum atomic E-state index is -0.367. The Morgan fingerprint density at radius 2 is 2.00 bits per heavy atom. The van der Waals surface area contributed by atoms with E-state index in [0.29, 0.717) is 5.92 Å². The van der Waals surface area contributed by atoms with Crippen LogP contribution in [0.25, 0.3) is 0 Å². The van der Waals surface area contributed by atoms with Gasteiger partial charge in [-0.3, -0.25) is 10.1 Å². The van der Waals surface area contributed by atoms with Crippen molar-refractivity contribution in [3.63, 3.8) is 0 Å². The summed E-state index contributed by atoms with van der Waals surface area (Å²) in [7, 11) is 0. The van der Waals surface area contributed by atoms with Crippen LogP contribution in [0.3, 0.4) is 0 Å². The second-order valence-corrected chi connectivity index (χ2v) is 5.90. The number of nitrogens with zero attached hydrogens (tertiary/aromatic N) is 1. The summed E-state index contributed by atoms with van der Waals surface area (Å²) in [5.41, 5.74) is 2.27. The molecule has 0 aliphatic heterocycles. The lowest BCUT2D eigenvalue weighted by Crippen LogP contribution is -2.25. The lowest BCUT2D eigenvalue weighted by atomic mass is 9.82. The number of rotatable bonds is 4. The molecule has 100 valence electrons. The van der Waals surface area contributed by atoms with Crippen LogP contribution in [-0.2, 0) is 0 Å². The first-order valence-corrected chi connectivity index (χ1v) is 6.20. The maximum atomic E-state index is 10.6. The molecule has 1 aromatic carbocycles. The highest BCUT2D eigenvalue weighted by molar-refractivity contribution is 5.55. The number of benzene rings is 1. The average molecular weight is 250 g/mol. The highest BCUT2D eigenvalue weighted by atomic mass is 16.6. The molecule has 1 aromatic rings. The van der Waals surface area contributed by atoms with E-state index >= 15 is 0 Å². The highest BCUT2D eigenvalue weighted by Gasteiger charge is 2.19. The largest absolute Gasteiger partial charge is 0.385 e. The van der Waals surface area contributed by atoms with Gasteiger partial charge in [-0.2, -0.15) is 0 Å². The Balaban J connectivity index is 2.72. The fourth-order valence-corrected chi connectivity index (χ4v) is 1.53. The molecule has 18 heavy (non-hydrogen) atoms. The van der Waals surface area contributed by atoms with E-state index in [9.17, 15) is 10.1 Å². The monoisotopic (exact) mass is 250 g/mol. The first-order chi connectivity index (χ1) is 8.21. The molecule has 0 saturated heterocycles. The van der Waals surface area contributed by atoms with E-state index < -0.39 is 0 Å². The molecular formula is C14H22N2O2. The van der Waals surface area contributed by atoms with Crippen LogP contribution in [0.1, 0.15) is 33.3 Å². The van der Waals surface area contributed by atoms with Gasteiger partial charge in [0.1, 0.15) is 0 Å². The molecule has 0 aromatic heterocycles. The van der Waals surface area contributed by atoms with Crippen molar-refractivity contribution >= 4 is 11.4 Å². The van der Waals surface area contributed by atoms with Gasteiger partial charge in [0.15, 0.2) is 0 Å². The number of non-ortho nitro benzene ring substituents is 1. The Kier molecular flexibility index (Phi) is 4.33. The van der Waals surface area contributed by atoms with E-state index in [2.05, 4.69) is 33.0 Å². The molecule has 0 bridgehead atoms. The van der Waals surface area contributed by atoms with Gasteiger partial charge >= 0.3 is 0 Å². The van der Waals surface area contributed by atoms with Gasteiger partial charge in [0.25, 0.3) is 5.69 Å². The maximum Gasteiger partial charge on any atom is 0.269 e. The molecule has 1 atom stereocenters. The Bertz CT molecular complexity index is 436. The zero-order valence-corrected chi connectivity index (χ0v) is 11.8. The second kappa shape index (κ2) is 5.38. The first-order valence-electron chi connectivity index (χ1n) is 6.20.